The van der Waals surface area contributed by atoms with Crippen LogP contribution in [-0.2, 0) is 6.42 Å². The van der Waals surface area contributed by atoms with E-state index < -0.39 is 4.92 Å². The second kappa shape index (κ2) is 8.34. The number of aromatic amines is 1. The molecule has 0 spiro atoms. The zero-order valence-electron chi connectivity index (χ0n) is 16.5. The Hall–Kier alpha value is -3.71. The van der Waals surface area contributed by atoms with Crippen molar-refractivity contribution in [3.05, 3.63) is 76.7 Å². The number of aromatic nitrogens is 2. The lowest BCUT2D eigenvalue weighted by Gasteiger charge is -2.07. The molecule has 7 heteroatoms. The lowest BCUT2D eigenvalue weighted by Crippen LogP contribution is -1.99. The zero-order valence-corrected chi connectivity index (χ0v) is 16.5. The van der Waals surface area contributed by atoms with Gasteiger partial charge in [-0.3, -0.25) is 10.1 Å². The minimum Gasteiger partial charge on any atom is -0.393 e. The molecule has 0 saturated carbocycles. The van der Waals surface area contributed by atoms with Gasteiger partial charge < -0.3 is 16.5 Å². The number of hydrogen-bond donors (Lipinski definition) is 3. The van der Waals surface area contributed by atoms with Gasteiger partial charge in [-0.2, -0.15) is 0 Å². The largest absolute Gasteiger partial charge is 0.393 e. The molecule has 0 amide bonds. The van der Waals surface area contributed by atoms with Crippen molar-refractivity contribution < 1.29 is 4.92 Å². The van der Waals surface area contributed by atoms with Gasteiger partial charge in [-0.1, -0.05) is 24.3 Å². The number of imidazole rings is 1. The Balaban J connectivity index is 1.60. The molecule has 30 heavy (non-hydrogen) atoms. The van der Waals surface area contributed by atoms with Crippen molar-refractivity contribution >= 4 is 22.1 Å². The predicted octanol–water partition coefficient (Wildman–Crippen LogP) is 4.67. The molecule has 0 aliphatic heterocycles. The van der Waals surface area contributed by atoms with Gasteiger partial charge >= 0.3 is 0 Å². The van der Waals surface area contributed by atoms with E-state index in [0.717, 1.165) is 58.2 Å². The van der Waals surface area contributed by atoms with Crippen molar-refractivity contribution in [1.29, 1.82) is 0 Å². The lowest BCUT2D eigenvalue weighted by atomic mass is 9.99. The van der Waals surface area contributed by atoms with Crippen LogP contribution in [0.3, 0.4) is 0 Å². The van der Waals surface area contributed by atoms with E-state index in [2.05, 4.69) is 34.2 Å². The number of aryl methyl sites for hydroxylation is 1. The van der Waals surface area contributed by atoms with Crippen molar-refractivity contribution in [2.24, 2.45) is 5.73 Å². The van der Waals surface area contributed by atoms with Gasteiger partial charge in [-0.25, -0.2) is 4.98 Å². The predicted molar refractivity (Wildman–Crippen MR) is 120 cm³/mol. The molecule has 0 aliphatic rings. The molecule has 0 fully saturated rings. The van der Waals surface area contributed by atoms with Gasteiger partial charge in [-0.15, -0.1) is 0 Å². The molecule has 4 rings (SSSR count). The van der Waals surface area contributed by atoms with Crippen molar-refractivity contribution in [2.75, 3.05) is 12.3 Å². The minimum absolute atomic E-state index is 0.0777. The van der Waals surface area contributed by atoms with E-state index in [1.807, 2.05) is 18.3 Å². The number of rotatable bonds is 7. The maximum atomic E-state index is 11.0. The lowest BCUT2D eigenvalue weighted by molar-refractivity contribution is -0.383. The summed E-state index contributed by atoms with van der Waals surface area (Å²) in [5.41, 5.74) is 15.3. The average molecular weight is 401 g/mol. The first-order chi connectivity index (χ1) is 14.5. The molecule has 1 heterocycles. The molecular weight excluding hydrogens is 378 g/mol. The van der Waals surface area contributed by atoms with Crippen molar-refractivity contribution in [3.63, 3.8) is 0 Å². The van der Waals surface area contributed by atoms with Crippen LogP contribution in [0.25, 0.3) is 33.2 Å². The summed E-state index contributed by atoms with van der Waals surface area (Å²) < 4.78 is 0. The van der Waals surface area contributed by atoms with Crippen molar-refractivity contribution in [2.45, 2.75) is 19.3 Å². The Kier molecular flexibility index (Phi) is 5.45. The molecule has 0 atom stereocenters. The van der Waals surface area contributed by atoms with Gasteiger partial charge in [0.2, 0.25) is 0 Å². The summed E-state index contributed by atoms with van der Waals surface area (Å²) >= 11 is 0. The molecule has 1 aromatic heterocycles. The minimum atomic E-state index is -0.472. The van der Waals surface area contributed by atoms with E-state index >= 15 is 0 Å². The number of nitro groups is 1. The first-order valence-electron chi connectivity index (χ1n) is 9.87. The Bertz CT molecular complexity index is 1220. The van der Waals surface area contributed by atoms with Crippen LogP contribution in [0.2, 0.25) is 0 Å². The van der Waals surface area contributed by atoms with Gasteiger partial charge in [0.1, 0.15) is 11.5 Å². The van der Waals surface area contributed by atoms with Crippen LogP contribution < -0.4 is 11.5 Å². The fraction of sp³-hybridized carbons (Fsp3) is 0.174. The van der Waals surface area contributed by atoms with E-state index in [4.69, 9.17) is 11.5 Å². The highest BCUT2D eigenvalue weighted by Gasteiger charge is 2.12. The van der Waals surface area contributed by atoms with Crippen LogP contribution in [0.5, 0.6) is 0 Å². The third-order valence-electron chi connectivity index (χ3n) is 5.20. The van der Waals surface area contributed by atoms with E-state index in [1.54, 1.807) is 12.1 Å². The Morgan fingerprint density at radius 2 is 1.60 bits per heavy atom. The Morgan fingerprint density at radius 3 is 2.30 bits per heavy atom. The number of hydrogen-bond acceptors (Lipinski definition) is 5. The van der Waals surface area contributed by atoms with Crippen LogP contribution in [0.1, 0.15) is 18.7 Å². The number of nitrogens with zero attached hydrogens (tertiary/aromatic N) is 2. The summed E-state index contributed by atoms with van der Waals surface area (Å²) in [6.07, 6.45) is 4.78. The summed E-state index contributed by atoms with van der Waals surface area (Å²) in [4.78, 5) is 18.4. The van der Waals surface area contributed by atoms with Gasteiger partial charge in [0.05, 0.1) is 16.8 Å². The highest BCUT2D eigenvalue weighted by Crippen LogP contribution is 2.31. The number of nitro benzene ring substituents is 1. The van der Waals surface area contributed by atoms with E-state index in [-0.39, 0.29) is 11.4 Å². The zero-order chi connectivity index (χ0) is 21.1. The third kappa shape index (κ3) is 4.01. The van der Waals surface area contributed by atoms with Gasteiger partial charge in [0.15, 0.2) is 0 Å². The van der Waals surface area contributed by atoms with Gasteiger partial charge in [-0.05, 0) is 65.6 Å². The highest BCUT2D eigenvalue weighted by molar-refractivity contribution is 5.91. The first-order valence-corrected chi connectivity index (χ1v) is 9.87. The topological polar surface area (TPSA) is 124 Å². The SMILES string of the molecule is NCCCCc1ncc(-c2ccc3cc(-c4ccc([N+](=O)[O-])c(N)c4)ccc3c2)[nH]1. The number of unbranched alkanes of at least 4 members (excludes halogenated alkanes) is 1. The number of H-pyrrole nitrogens is 1. The fourth-order valence-corrected chi connectivity index (χ4v) is 3.57. The van der Waals surface area contributed by atoms with Gasteiger partial charge in [0, 0.05) is 18.1 Å². The van der Waals surface area contributed by atoms with Crippen molar-refractivity contribution in [3.8, 4) is 22.4 Å². The van der Waals surface area contributed by atoms with Crippen LogP contribution in [0, 0.1) is 10.1 Å². The monoisotopic (exact) mass is 401 g/mol. The van der Waals surface area contributed by atoms with Crippen molar-refractivity contribution in [1.82, 2.24) is 9.97 Å². The number of nitrogen functional groups attached to an aromatic ring is 1. The summed E-state index contributed by atoms with van der Waals surface area (Å²) in [6.45, 7) is 0.701. The van der Waals surface area contributed by atoms with Crippen LogP contribution in [0.15, 0.2) is 60.8 Å². The molecule has 152 valence electrons. The maximum Gasteiger partial charge on any atom is 0.292 e. The quantitative estimate of drug-likeness (QED) is 0.180. The summed E-state index contributed by atoms with van der Waals surface area (Å²) in [5, 5.41) is 13.2. The summed E-state index contributed by atoms with van der Waals surface area (Å²) in [5.74, 6) is 0.977. The average Bonchev–Trinajstić information content (AvgIpc) is 3.22. The number of benzene rings is 3. The smallest absolute Gasteiger partial charge is 0.292 e. The Labute approximate surface area is 173 Å². The molecule has 5 N–H and O–H groups in total. The number of fused-ring (bicyclic) bond motifs is 1. The fourth-order valence-electron chi connectivity index (χ4n) is 3.57. The molecule has 4 aromatic rings. The molecule has 0 aliphatic carbocycles. The molecule has 0 saturated heterocycles. The second-order valence-electron chi connectivity index (χ2n) is 7.30. The number of nitrogens with two attached hydrogens (primary N) is 2. The van der Waals surface area contributed by atoms with Crippen LogP contribution in [0.4, 0.5) is 11.4 Å². The molecule has 0 bridgehead atoms. The summed E-state index contributed by atoms with van der Waals surface area (Å²) in [6, 6.07) is 17.2. The molecule has 7 nitrogen and oxygen atoms in total. The van der Waals surface area contributed by atoms with E-state index in [0.29, 0.717) is 6.54 Å². The maximum absolute atomic E-state index is 11.0. The third-order valence-corrected chi connectivity index (χ3v) is 5.20. The number of nitrogens with one attached hydrogen (secondary N) is 1. The Morgan fingerprint density at radius 1 is 0.933 bits per heavy atom. The van der Waals surface area contributed by atoms with Gasteiger partial charge in [0.25, 0.3) is 5.69 Å². The highest BCUT2D eigenvalue weighted by atomic mass is 16.6. The number of anilines is 1. The second-order valence-corrected chi connectivity index (χ2v) is 7.30. The standard InChI is InChI=1S/C23H23N5O2/c24-10-2-1-3-23-26-14-21(27-23)19-7-6-15-11-16(4-5-17(15)12-19)18-8-9-22(28(29)30)20(25)13-18/h4-9,11-14H,1-3,10,24-25H2,(H,26,27). The molecular formula is C23H23N5O2. The van der Waals surface area contributed by atoms with Crippen LogP contribution >= 0.6 is 0 Å². The summed E-state index contributed by atoms with van der Waals surface area (Å²) in [7, 11) is 0. The first kappa shape index (κ1) is 19.6. The van der Waals surface area contributed by atoms with E-state index in [9.17, 15) is 10.1 Å². The normalized spacial score (nSPS) is 11.1. The van der Waals surface area contributed by atoms with Crippen LogP contribution in [-0.4, -0.2) is 21.4 Å². The molecule has 3 aromatic carbocycles. The van der Waals surface area contributed by atoms with E-state index in [1.165, 1.54) is 6.07 Å². The molecule has 0 radical (unpaired) electrons. The molecule has 0 unspecified atom stereocenters.